The van der Waals surface area contributed by atoms with E-state index < -0.39 is 12.0 Å². The number of carboxylic acid groups (broad SMARTS) is 1. The minimum Gasteiger partial charge on any atom is -0.493 e. The van der Waals surface area contributed by atoms with E-state index in [-0.39, 0.29) is 0 Å². The van der Waals surface area contributed by atoms with Gasteiger partial charge in [0.2, 0.25) is 0 Å². The third kappa shape index (κ3) is 3.42. The van der Waals surface area contributed by atoms with Gasteiger partial charge in [-0.15, -0.1) is 0 Å². The molecule has 0 bridgehead atoms. The van der Waals surface area contributed by atoms with E-state index in [0.717, 1.165) is 18.5 Å². The lowest BCUT2D eigenvalue weighted by molar-refractivity contribution is -0.143. The van der Waals surface area contributed by atoms with Crippen molar-refractivity contribution < 1.29 is 19.4 Å². The summed E-state index contributed by atoms with van der Waals surface area (Å²) in [6.07, 6.45) is 3.56. The van der Waals surface area contributed by atoms with Gasteiger partial charge in [-0.1, -0.05) is 19.1 Å². The monoisotopic (exact) mass is 305 g/mol. The molecule has 120 valence electrons. The summed E-state index contributed by atoms with van der Waals surface area (Å²) in [6.45, 7) is 3.33. The predicted molar refractivity (Wildman–Crippen MR) is 85.4 cm³/mol. The summed E-state index contributed by atoms with van der Waals surface area (Å²) in [7, 11) is 3.24. The van der Waals surface area contributed by atoms with E-state index in [2.05, 4.69) is 6.08 Å². The number of aliphatic carboxylic acids is 1. The van der Waals surface area contributed by atoms with Crippen molar-refractivity contribution in [3.8, 4) is 11.5 Å². The van der Waals surface area contributed by atoms with Crippen LogP contribution in [0.25, 0.3) is 5.57 Å². The molecule has 0 fully saturated rings. The smallest absolute Gasteiger partial charge is 0.320 e. The molecule has 0 aromatic heterocycles. The highest BCUT2D eigenvalue weighted by atomic mass is 16.5. The fourth-order valence-corrected chi connectivity index (χ4v) is 2.86. The molecule has 0 amide bonds. The van der Waals surface area contributed by atoms with Gasteiger partial charge in [0.15, 0.2) is 11.5 Å². The van der Waals surface area contributed by atoms with Crippen molar-refractivity contribution in [2.45, 2.75) is 25.8 Å². The van der Waals surface area contributed by atoms with Crippen LogP contribution in [0.2, 0.25) is 0 Å². The zero-order valence-electron chi connectivity index (χ0n) is 13.3. The second-order valence-electron chi connectivity index (χ2n) is 5.31. The Kier molecular flexibility index (Phi) is 5.44. The second kappa shape index (κ2) is 7.31. The summed E-state index contributed by atoms with van der Waals surface area (Å²) in [5.41, 5.74) is 2.32. The number of hydrogen-bond acceptors (Lipinski definition) is 4. The minimum absolute atomic E-state index is 0.400. The van der Waals surface area contributed by atoms with Crippen molar-refractivity contribution in [1.82, 2.24) is 4.90 Å². The molecule has 2 rings (SSSR count). The lowest BCUT2D eigenvalue weighted by atomic mass is 9.98. The molecule has 0 saturated heterocycles. The average molecular weight is 305 g/mol. The first-order valence-corrected chi connectivity index (χ1v) is 7.49. The summed E-state index contributed by atoms with van der Waals surface area (Å²) in [4.78, 5) is 13.2. The number of methoxy groups -OCH3 is 2. The second-order valence-corrected chi connectivity index (χ2v) is 5.31. The van der Waals surface area contributed by atoms with Crippen LogP contribution in [0.4, 0.5) is 0 Å². The summed E-state index contributed by atoms with van der Waals surface area (Å²) < 4.78 is 10.6. The summed E-state index contributed by atoms with van der Waals surface area (Å²) >= 11 is 0. The van der Waals surface area contributed by atoms with Crippen LogP contribution in [0, 0.1) is 0 Å². The van der Waals surface area contributed by atoms with Gasteiger partial charge in [-0.25, -0.2) is 0 Å². The van der Waals surface area contributed by atoms with Gasteiger partial charge in [0.05, 0.1) is 14.2 Å². The highest BCUT2D eigenvalue weighted by Gasteiger charge is 2.25. The SMILES string of the molecule is CCC(C(=O)O)N1CC=C(c2ccc(OC)c(OC)c2)CC1. The molecule has 0 radical (unpaired) electrons. The van der Waals surface area contributed by atoms with Crippen LogP contribution in [-0.2, 0) is 4.79 Å². The summed E-state index contributed by atoms with van der Waals surface area (Å²) in [6, 6.07) is 5.47. The van der Waals surface area contributed by atoms with E-state index in [4.69, 9.17) is 9.47 Å². The van der Waals surface area contributed by atoms with Gasteiger partial charge >= 0.3 is 5.97 Å². The maximum absolute atomic E-state index is 11.2. The Morgan fingerprint density at radius 1 is 1.32 bits per heavy atom. The molecule has 1 aliphatic heterocycles. The van der Waals surface area contributed by atoms with Gasteiger partial charge in [0, 0.05) is 13.1 Å². The van der Waals surface area contributed by atoms with E-state index in [1.165, 1.54) is 5.57 Å². The molecule has 1 atom stereocenters. The number of benzene rings is 1. The van der Waals surface area contributed by atoms with Crippen LogP contribution in [0.1, 0.15) is 25.3 Å². The zero-order chi connectivity index (χ0) is 16.1. The molecule has 5 nitrogen and oxygen atoms in total. The fourth-order valence-electron chi connectivity index (χ4n) is 2.86. The van der Waals surface area contributed by atoms with Crippen LogP contribution in [0.5, 0.6) is 11.5 Å². The van der Waals surface area contributed by atoms with Crippen LogP contribution >= 0.6 is 0 Å². The number of carboxylic acids is 1. The summed E-state index contributed by atoms with van der Waals surface area (Å²) in [5, 5.41) is 9.24. The Morgan fingerprint density at radius 3 is 2.55 bits per heavy atom. The predicted octanol–water partition coefficient (Wildman–Crippen LogP) is 2.66. The molecule has 1 heterocycles. The van der Waals surface area contributed by atoms with Crippen molar-refractivity contribution >= 4 is 11.5 Å². The van der Waals surface area contributed by atoms with E-state index in [1.54, 1.807) is 14.2 Å². The van der Waals surface area contributed by atoms with E-state index >= 15 is 0 Å². The maximum Gasteiger partial charge on any atom is 0.320 e. The third-order valence-corrected chi connectivity index (χ3v) is 4.11. The molecule has 1 aromatic carbocycles. The Bertz CT molecular complexity index is 568. The van der Waals surface area contributed by atoms with Crippen LogP contribution in [0.15, 0.2) is 24.3 Å². The van der Waals surface area contributed by atoms with Gasteiger partial charge in [0.25, 0.3) is 0 Å². The Balaban J connectivity index is 2.15. The topological polar surface area (TPSA) is 59.0 Å². The molecule has 0 aliphatic carbocycles. The Hall–Kier alpha value is -2.01. The van der Waals surface area contributed by atoms with Gasteiger partial charge in [-0.3, -0.25) is 9.69 Å². The molecule has 1 unspecified atom stereocenters. The normalized spacial score (nSPS) is 16.8. The fraction of sp³-hybridized carbons (Fsp3) is 0.471. The molecule has 1 N–H and O–H groups in total. The first-order valence-electron chi connectivity index (χ1n) is 7.49. The van der Waals surface area contributed by atoms with Crippen LogP contribution in [0.3, 0.4) is 0 Å². The van der Waals surface area contributed by atoms with Crippen molar-refractivity contribution in [2.75, 3.05) is 27.3 Å². The summed E-state index contributed by atoms with van der Waals surface area (Å²) in [5.74, 6) is 0.673. The molecule has 0 saturated carbocycles. The molecule has 1 aliphatic rings. The van der Waals surface area contributed by atoms with Crippen molar-refractivity contribution in [2.24, 2.45) is 0 Å². The van der Waals surface area contributed by atoms with Crippen LogP contribution in [-0.4, -0.2) is 49.3 Å². The highest BCUT2D eigenvalue weighted by molar-refractivity contribution is 5.74. The lowest BCUT2D eigenvalue weighted by Crippen LogP contribution is -2.42. The molecule has 0 spiro atoms. The number of rotatable bonds is 6. The highest BCUT2D eigenvalue weighted by Crippen LogP contribution is 2.32. The Labute approximate surface area is 131 Å². The standard InChI is InChI=1S/C17H23NO4/c1-4-14(17(19)20)18-9-7-12(8-10-18)13-5-6-15(21-2)16(11-13)22-3/h5-7,11,14H,4,8-10H2,1-3H3,(H,19,20). The van der Waals surface area contributed by atoms with Gasteiger partial charge in [0.1, 0.15) is 6.04 Å². The molecule has 22 heavy (non-hydrogen) atoms. The molecule has 1 aromatic rings. The van der Waals surface area contributed by atoms with Crippen molar-refractivity contribution in [3.63, 3.8) is 0 Å². The van der Waals surface area contributed by atoms with Gasteiger partial charge < -0.3 is 14.6 Å². The first kappa shape index (κ1) is 16.4. The number of hydrogen-bond donors (Lipinski definition) is 1. The lowest BCUT2D eigenvalue weighted by Gasteiger charge is -2.31. The van der Waals surface area contributed by atoms with Crippen molar-refractivity contribution in [1.29, 1.82) is 0 Å². The van der Waals surface area contributed by atoms with Crippen LogP contribution < -0.4 is 9.47 Å². The van der Waals surface area contributed by atoms with E-state index in [0.29, 0.717) is 24.5 Å². The third-order valence-electron chi connectivity index (χ3n) is 4.11. The average Bonchev–Trinajstić information content (AvgIpc) is 2.55. The molecule has 5 heteroatoms. The molecular weight excluding hydrogens is 282 g/mol. The Morgan fingerprint density at radius 2 is 2.05 bits per heavy atom. The van der Waals surface area contributed by atoms with E-state index in [9.17, 15) is 9.90 Å². The quantitative estimate of drug-likeness (QED) is 0.875. The largest absolute Gasteiger partial charge is 0.493 e. The maximum atomic E-state index is 11.2. The number of ether oxygens (including phenoxy) is 2. The number of carbonyl (C=O) groups is 1. The van der Waals surface area contributed by atoms with Gasteiger partial charge in [-0.2, -0.15) is 0 Å². The number of nitrogens with zero attached hydrogens (tertiary/aromatic N) is 1. The zero-order valence-corrected chi connectivity index (χ0v) is 13.3. The van der Waals surface area contributed by atoms with Gasteiger partial charge in [-0.05, 0) is 36.1 Å². The first-order chi connectivity index (χ1) is 10.6. The minimum atomic E-state index is -0.745. The van der Waals surface area contributed by atoms with Crippen molar-refractivity contribution in [3.05, 3.63) is 29.8 Å². The van der Waals surface area contributed by atoms with E-state index in [1.807, 2.05) is 30.0 Å². The molecular formula is C17H23NO4.